The minimum Gasteiger partial charge on any atom is -0.492 e. The molecule has 1 aliphatic heterocycles. The van der Waals surface area contributed by atoms with E-state index in [2.05, 4.69) is 20.9 Å². The molecule has 0 spiro atoms. The minimum absolute atomic E-state index is 0. The largest absolute Gasteiger partial charge is 0.492 e. The Morgan fingerprint density at radius 1 is 1.19 bits per heavy atom. The first-order valence-electron chi connectivity index (χ1n) is 10.4. The lowest BCUT2D eigenvalue weighted by molar-refractivity contribution is -0.116. The third-order valence-corrected chi connectivity index (χ3v) is 4.94. The molecule has 1 aliphatic rings. The molecule has 1 heterocycles. The van der Waals surface area contributed by atoms with E-state index in [1.54, 1.807) is 6.07 Å². The maximum Gasteiger partial charge on any atom is 0.224 e. The Balaban J connectivity index is 0.00000341. The Bertz CT molecular complexity index is 920. The van der Waals surface area contributed by atoms with Crippen LogP contribution < -0.4 is 20.7 Å². The number of hydrogen-bond donors (Lipinski definition) is 3. The number of carbonyl (C=O) groups excluding carboxylic acids is 1. The Morgan fingerprint density at radius 3 is 2.81 bits per heavy atom. The van der Waals surface area contributed by atoms with Gasteiger partial charge in [-0.15, -0.1) is 24.0 Å². The lowest BCUT2D eigenvalue weighted by Crippen LogP contribution is -2.39. The number of fused-ring (bicyclic) bond motifs is 1. The van der Waals surface area contributed by atoms with Gasteiger partial charge in [-0.25, -0.2) is 4.39 Å². The Hall–Kier alpha value is -2.36. The summed E-state index contributed by atoms with van der Waals surface area (Å²) in [5.74, 6) is 1.37. The number of nitrogens with zero attached hydrogens (tertiary/aromatic N) is 1. The van der Waals surface area contributed by atoms with Crippen molar-refractivity contribution >= 4 is 41.5 Å². The summed E-state index contributed by atoms with van der Waals surface area (Å²) in [6, 6.07) is 10.6. The quantitative estimate of drug-likeness (QED) is 0.206. The normalized spacial score (nSPS) is 13.0. The number of amides is 1. The van der Waals surface area contributed by atoms with Gasteiger partial charge < -0.3 is 20.7 Å². The predicted molar refractivity (Wildman–Crippen MR) is 133 cm³/mol. The van der Waals surface area contributed by atoms with E-state index in [0.717, 1.165) is 53.5 Å². The molecule has 0 aromatic heterocycles. The fourth-order valence-corrected chi connectivity index (χ4v) is 3.36. The molecule has 3 N–H and O–H groups in total. The van der Waals surface area contributed by atoms with E-state index in [1.165, 1.54) is 6.07 Å². The Labute approximate surface area is 200 Å². The van der Waals surface area contributed by atoms with Crippen LogP contribution in [0.3, 0.4) is 0 Å². The second-order valence-corrected chi connectivity index (χ2v) is 7.22. The zero-order valence-electron chi connectivity index (χ0n) is 18.0. The second-order valence-electron chi connectivity index (χ2n) is 7.22. The zero-order valence-corrected chi connectivity index (χ0v) is 20.3. The topological polar surface area (TPSA) is 74.8 Å². The fourth-order valence-electron chi connectivity index (χ4n) is 3.36. The van der Waals surface area contributed by atoms with Gasteiger partial charge in [0.1, 0.15) is 18.2 Å². The molecule has 1 amide bonds. The molecule has 0 saturated heterocycles. The van der Waals surface area contributed by atoms with Gasteiger partial charge in [-0.3, -0.25) is 9.79 Å². The first kappa shape index (κ1) is 24.9. The zero-order chi connectivity index (χ0) is 21.3. The Morgan fingerprint density at radius 2 is 2.03 bits per heavy atom. The average Bonchev–Trinajstić information content (AvgIpc) is 2.72. The number of carbonyl (C=O) groups is 1. The van der Waals surface area contributed by atoms with Crippen molar-refractivity contribution in [3.63, 3.8) is 0 Å². The highest BCUT2D eigenvalue weighted by Crippen LogP contribution is 2.26. The van der Waals surface area contributed by atoms with Gasteiger partial charge in [-0.2, -0.15) is 0 Å². The van der Waals surface area contributed by atoms with Crippen molar-refractivity contribution in [2.45, 2.75) is 33.1 Å². The average molecular weight is 540 g/mol. The van der Waals surface area contributed by atoms with Crippen LogP contribution in [0.2, 0.25) is 0 Å². The van der Waals surface area contributed by atoms with Crippen molar-refractivity contribution in [3.8, 4) is 5.75 Å². The third-order valence-electron chi connectivity index (χ3n) is 4.94. The molecule has 6 nitrogen and oxygen atoms in total. The minimum atomic E-state index is -0.210. The van der Waals surface area contributed by atoms with Crippen molar-refractivity contribution < 1.29 is 13.9 Å². The van der Waals surface area contributed by atoms with Gasteiger partial charge in [0.25, 0.3) is 0 Å². The van der Waals surface area contributed by atoms with Crippen molar-refractivity contribution in [2.75, 3.05) is 31.6 Å². The van der Waals surface area contributed by atoms with E-state index < -0.39 is 0 Å². The van der Waals surface area contributed by atoms with Crippen LogP contribution in [0.25, 0.3) is 0 Å². The molecule has 0 atom stereocenters. The fraction of sp³-hybridized carbons (Fsp3) is 0.391. The van der Waals surface area contributed by atoms with Gasteiger partial charge in [-0.1, -0.05) is 6.07 Å². The number of halogens is 2. The van der Waals surface area contributed by atoms with E-state index >= 15 is 0 Å². The number of benzene rings is 2. The molecule has 168 valence electrons. The lowest BCUT2D eigenvalue weighted by Gasteiger charge is -2.18. The molecule has 31 heavy (non-hydrogen) atoms. The van der Waals surface area contributed by atoms with Crippen LogP contribution >= 0.6 is 24.0 Å². The number of rotatable bonds is 8. The maximum absolute atomic E-state index is 13.2. The van der Waals surface area contributed by atoms with Gasteiger partial charge in [0.2, 0.25) is 5.91 Å². The smallest absolute Gasteiger partial charge is 0.224 e. The van der Waals surface area contributed by atoms with Crippen molar-refractivity contribution in [3.05, 3.63) is 58.9 Å². The number of nitrogens with one attached hydrogen (secondary N) is 3. The number of aliphatic imine (C=N–C) groups is 1. The van der Waals surface area contributed by atoms with Crippen LogP contribution in [0.5, 0.6) is 5.75 Å². The molecule has 8 heteroatoms. The number of guanidine groups is 1. The molecular formula is C23H30FIN4O2. The lowest BCUT2D eigenvalue weighted by atomic mass is 10.0. The predicted octanol–water partition coefficient (Wildman–Crippen LogP) is 3.81. The number of anilines is 1. The summed E-state index contributed by atoms with van der Waals surface area (Å²) in [4.78, 5) is 16.0. The van der Waals surface area contributed by atoms with Crippen molar-refractivity contribution in [1.29, 1.82) is 0 Å². The molecule has 0 unspecified atom stereocenters. The molecule has 0 bridgehead atoms. The molecule has 0 fully saturated rings. The maximum atomic E-state index is 13.2. The summed E-state index contributed by atoms with van der Waals surface area (Å²) in [5, 5.41) is 9.36. The van der Waals surface area contributed by atoms with Crippen LogP contribution in [-0.4, -0.2) is 38.1 Å². The standard InChI is InChI=1S/C23H29FN4O2.HI/c1-3-25-23(26-11-10-17-4-6-19(24)14-16(17)2)27-12-13-30-20-7-8-21-18(15-20)5-9-22(29)28-21;/h4,6-8,14-15H,3,5,9-13H2,1-2H3,(H,28,29)(H2,25,26,27);1H. The highest BCUT2D eigenvalue weighted by Gasteiger charge is 2.14. The van der Waals surface area contributed by atoms with E-state index in [9.17, 15) is 9.18 Å². The highest BCUT2D eigenvalue weighted by molar-refractivity contribution is 14.0. The van der Waals surface area contributed by atoms with Gasteiger partial charge in [0.05, 0.1) is 6.54 Å². The molecule has 0 aliphatic carbocycles. The van der Waals surface area contributed by atoms with Gasteiger partial charge in [0.15, 0.2) is 5.96 Å². The van der Waals surface area contributed by atoms with Crippen molar-refractivity contribution in [1.82, 2.24) is 10.6 Å². The van der Waals surface area contributed by atoms with Crippen LogP contribution in [0.4, 0.5) is 10.1 Å². The summed E-state index contributed by atoms with van der Waals surface area (Å²) in [6.45, 7) is 6.40. The summed E-state index contributed by atoms with van der Waals surface area (Å²) in [5.41, 5.74) is 4.02. The van der Waals surface area contributed by atoms with E-state index in [4.69, 9.17) is 4.74 Å². The summed E-state index contributed by atoms with van der Waals surface area (Å²) in [6.07, 6.45) is 2.00. The molecule has 0 saturated carbocycles. The molecule has 2 aromatic carbocycles. The van der Waals surface area contributed by atoms with Gasteiger partial charge in [-0.05, 0) is 73.7 Å². The SMILES string of the molecule is CCNC(=NCCc1ccc(F)cc1C)NCCOc1ccc2c(c1)CCC(=O)N2.I. The first-order chi connectivity index (χ1) is 14.5. The van der Waals surface area contributed by atoms with E-state index in [1.807, 2.05) is 38.1 Å². The monoisotopic (exact) mass is 540 g/mol. The van der Waals surface area contributed by atoms with Crippen molar-refractivity contribution in [2.24, 2.45) is 4.99 Å². The first-order valence-corrected chi connectivity index (χ1v) is 10.4. The molecule has 0 radical (unpaired) electrons. The number of aryl methyl sites for hydroxylation is 2. The van der Waals surface area contributed by atoms with E-state index in [-0.39, 0.29) is 35.7 Å². The van der Waals surface area contributed by atoms with Gasteiger partial charge in [0, 0.05) is 25.2 Å². The van der Waals surface area contributed by atoms with Crippen LogP contribution in [0.15, 0.2) is 41.4 Å². The van der Waals surface area contributed by atoms with Crippen LogP contribution in [0, 0.1) is 12.7 Å². The Kier molecular flexibility index (Phi) is 10.0. The summed E-state index contributed by atoms with van der Waals surface area (Å²) in [7, 11) is 0. The summed E-state index contributed by atoms with van der Waals surface area (Å²) < 4.78 is 19.1. The van der Waals surface area contributed by atoms with E-state index in [0.29, 0.717) is 26.1 Å². The number of ether oxygens (including phenoxy) is 1. The van der Waals surface area contributed by atoms with Gasteiger partial charge >= 0.3 is 0 Å². The van der Waals surface area contributed by atoms with Crippen LogP contribution in [-0.2, 0) is 17.6 Å². The number of hydrogen-bond acceptors (Lipinski definition) is 3. The third kappa shape index (κ3) is 7.68. The molecule has 3 rings (SSSR count). The summed E-state index contributed by atoms with van der Waals surface area (Å²) >= 11 is 0. The highest BCUT2D eigenvalue weighted by atomic mass is 127. The van der Waals surface area contributed by atoms with Crippen LogP contribution in [0.1, 0.15) is 30.0 Å². The second kappa shape index (κ2) is 12.5. The molecule has 2 aromatic rings. The molecular weight excluding hydrogens is 510 g/mol.